The molecule has 0 aliphatic heterocycles. The van der Waals surface area contributed by atoms with Crippen molar-refractivity contribution in [3.8, 4) is 0 Å². The van der Waals surface area contributed by atoms with Crippen LogP contribution in [0.3, 0.4) is 0 Å². The van der Waals surface area contributed by atoms with E-state index < -0.39 is 0 Å². The minimum atomic E-state index is 0.634. The first kappa shape index (κ1) is 13.6. The average molecular weight is 299 g/mol. The lowest BCUT2D eigenvalue weighted by Gasteiger charge is -2.09. The zero-order valence-corrected chi connectivity index (χ0v) is 12.2. The molecule has 2 heterocycles. The van der Waals surface area contributed by atoms with Crippen LogP contribution in [0, 0.1) is 0 Å². The van der Waals surface area contributed by atoms with Crippen molar-refractivity contribution in [2.75, 3.05) is 5.32 Å². The zero-order chi connectivity index (χ0) is 14.5. The van der Waals surface area contributed by atoms with Gasteiger partial charge in [-0.15, -0.1) is 0 Å². The Kier molecular flexibility index (Phi) is 4.17. The maximum Gasteiger partial charge on any atom is 0.0949 e. The van der Waals surface area contributed by atoms with Crippen LogP contribution in [0.15, 0.2) is 61.4 Å². The fourth-order valence-corrected chi connectivity index (χ4v) is 2.26. The molecule has 0 bridgehead atoms. The highest BCUT2D eigenvalue weighted by Crippen LogP contribution is 2.20. The number of aromatic nitrogens is 3. The maximum atomic E-state index is 6.06. The molecular formula is C16H15ClN4. The van der Waals surface area contributed by atoms with Crippen molar-refractivity contribution in [3.05, 3.63) is 77.6 Å². The summed E-state index contributed by atoms with van der Waals surface area (Å²) < 4.78 is 2.05. The lowest BCUT2D eigenvalue weighted by atomic mass is 10.1. The van der Waals surface area contributed by atoms with Crippen molar-refractivity contribution in [1.82, 2.24) is 14.5 Å². The summed E-state index contributed by atoms with van der Waals surface area (Å²) in [7, 11) is 0. The topological polar surface area (TPSA) is 42.7 Å². The van der Waals surface area contributed by atoms with E-state index in [4.69, 9.17) is 11.6 Å². The van der Waals surface area contributed by atoms with E-state index >= 15 is 0 Å². The van der Waals surface area contributed by atoms with Crippen molar-refractivity contribution in [3.63, 3.8) is 0 Å². The van der Waals surface area contributed by atoms with Crippen LogP contribution in [-0.4, -0.2) is 14.5 Å². The molecular weight excluding hydrogens is 284 g/mol. The van der Waals surface area contributed by atoms with Gasteiger partial charge in [-0.25, -0.2) is 4.98 Å². The maximum absolute atomic E-state index is 6.06. The molecule has 1 aromatic carbocycles. The van der Waals surface area contributed by atoms with Crippen LogP contribution in [0.2, 0.25) is 5.02 Å². The Morgan fingerprint density at radius 1 is 1.00 bits per heavy atom. The number of imidazole rings is 1. The van der Waals surface area contributed by atoms with Crippen LogP contribution in [0.1, 0.15) is 11.1 Å². The number of rotatable bonds is 5. The summed E-state index contributed by atoms with van der Waals surface area (Å²) in [5.74, 6) is 0. The molecule has 3 aromatic rings. The standard InChI is InChI=1S/C16H15ClN4/c17-15-10-18-6-5-16(15)20-9-13-1-3-14(4-2-13)11-21-8-7-19-12-21/h1-8,10,12H,9,11H2,(H,18,20). The van der Waals surface area contributed by atoms with Gasteiger partial charge in [0.25, 0.3) is 0 Å². The molecule has 5 heteroatoms. The van der Waals surface area contributed by atoms with Gasteiger partial charge in [0.2, 0.25) is 0 Å². The number of nitrogens with zero attached hydrogens (tertiary/aromatic N) is 3. The molecule has 0 saturated heterocycles. The molecule has 0 amide bonds. The molecule has 0 atom stereocenters. The minimum Gasteiger partial charge on any atom is -0.380 e. The van der Waals surface area contributed by atoms with Crippen molar-refractivity contribution in [2.24, 2.45) is 0 Å². The lowest BCUT2D eigenvalue weighted by molar-refractivity contribution is 0.797. The highest BCUT2D eigenvalue weighted by Gasteiger charge is 2.00. The van der Waals surface area contributed by atoms with E-state index in [1.165, 1.54) is 11.1 Å². The molecule has 0 saturated carbocycles. The molecule has 0 spiro atoms. The lowest BCUT2D eigenvalue weighted by Crippen LogP contribution is -2.01. The molecule has 4 nitrogen and oxygen atoms in total. The number of pyridine rings is 1. The third-order valence-corrected chi connectivity index (χ3v) is 3.50. The molecule has 0 aliphatic carbocycles. The smallest absolute Gasteiger partial charge is 0.0949 e. The van der Waals surface area contributed by atoms with Gasteiger partial charge in [0.1, 0.15) is 0 Å². The fourth-order valence-electron chi connectivity index (χ4n) is 2.07. The second kappa shape index (κ2) is 6.41. The van der Waals surface area contributed by atoms with E-state index in [1.807, 2.05) is 23.2 Å². The first-order chi connectivity index (χ1) is 10.3. The summed E-state index contributed by atoms with van der Waals surface area (Å²) in [5.41, 5.74) is 3.35. The molecule has 3 rings (SSSR count). The first-order valence-electron chi connectivity index (χ1n) is 6.68. The molecule has 0 aliphatic rings. The van der Waals surface area contributed by atoms with Gasteiger partial charge < -0.3 is 9.88 Å². The van der Waals surface area contributed by atoms with Gasteiger partial charge in [-0.05, 0) is 17.2 Å². The van der Waals surface area contributed by atoms with Gasteiger partial charge in [-0.3, -0.25) is 4.98 Å². The number of anilines is 1. The highest BCUT2D eigenvalue weighted by atomic mass is 35.5. The van der Waals surface area contributed by atoms with Gasteiger partial charge in [-0.1, -0.05) is 35.9 Å². The summed E-state index contributed by atoms with van der Waals surface area (Å²) in [4.78, 5) is 8.01. The monoisotopic (exact) mass is 298 g/mol. The molecule has 0 fully saturated rings. The fraction of sp³-hybridized carbons (Fsp3) is 0.125. The highest BCUT2D eigenvalue weighted by molar-refractivity contribution is 6.33. The Morgan fingerprint density at radius 2 is 1.81 bits per heavy atom. The second-order valence-electron chi connectivity index (χ2n) is 4.76. The van der Waals surface area contributed by atoms with Crippen molar-refractivity contribution in [2.45, 2.75) is 13.1 Å². The molecule has 0 unspecified atom stereocenters. The molecule has 106 valence electrons. The number of halogens is 1. The van der Waals surface area contributed by atoms with E-state index in [1.54, 1.807) is 18.6 Å². The average Bonchev–Trinajstić information content (AvgIpc) is 3.01. The Bertz CT molecular complexity index is 693. The zero-order valence-electron chi connectivity index (χ0n) is 11.4. The molecule has 21 heavy (non-hydrogen) atoms. The van der Waals surface area contributed by atoms with Gasteiger partial charge in [0.15, 0.2) is 0 Å². The molecule has 0 radical (unpaired) electrons. The number of hydrogen-bond acceptors (Lipinski definition) is 3. The largest absolute Gasteiger partial charge is 0.380 e. The Hall–Kier alpha value is -2.33. The van der Waals surface area contributed by atoms with Crippen LogP contribution in [-0.2, 0) is 13.1 Å². The minimum absolute atomic E-state index is 0.634. The van der Waals surface area contributed by atoms with Crippen LogP contribution in [0.4, 0.5) is 5.69 Å². The second-order valence-corrected chi connectivity index (χ2v) is 5.17. The van der Waals surface area contributed by atoms with Crippen molar-refractivity contribution >= 4 is 17.3 Å². The SMILES string of the molecule is Clc1cnccc1NCc1ccc(Cn2ccnc2)cc1. The summed E-state index contributed by atoms with van der Waals surface area (Å²) in [6.45, 7) is 1.57. The van der Waals surface area contributed by atoms with E-state index in [0.29, 0.717) is 5.02 Å². The number of hydrogen-bond donors (Lipinski definition) is 1. The van der Waals surface area contributed by atoms with Crippen LogP contribution in [0.5, 0.6) is 0 Å². The Labute approximate surface area is 128 Å². The third kappa shape index (κ3) is 3.61. The van der Waals surface area contributed by atoms with E-state index in [2.05, 4.69) is 39.6 Å². The summed E-state index contributed by atoms with van der Waals surface area (Å²) >= 11 is 6.06. The molecule has 2 aromatic heterocycles. The number of nitrogens with one attached hydrogen (secondary N) is 1. The van der Waals surface area contributed by atoms with Crippen LogP contribution < -0.4 is 5.32 Å². The van der Waals surface area contributed by atoms with E-state index in [9.17, 15) is 0 Å². The van der Waals surface area contributed by atoms with E-state index in [0.717, 1.165) is 18.8 Å². The van der Waals surface area contributed by atoms with Gasteiger partial charge in [-0.2, -0.15) is 0 Å². The summed E-state index contributed by atoms with van der Waals surface area (Å²) in [6, 6.07) is 10.4. The summed E-state index contributed by atoms with van der Waals surface area (Å²) in [5, 5.41) is 3.94. The van der Waals surface area contributed by atoms with Gasteiger partial charge in [0.05, 0.1) is 17.0 Å². The molecule has 1 N–H and O–H groups in total. The van der Waals surface area contributed by atoms with Crippen LogP contribution >= 0.6 is 11.6 Å². The normalized spacial score (nSPS) is 10.5. The van der Waals surface area contributed by atoms with Gasteiger partial charge >= 0.3 is 0 Å². The van der Waals surface area contributed by atoms with Gasteiger partial charge in [0, 0.05) is 37.9 Å². The van der Waals surface area contributed by atoms with Crippen molar-refractivity contribution in [1.29, 1.82) is 0 Å². The van der Waals surface area contributed by atoms with Crippen LogP contribution in [0.25, 0.3) is 0 Å². The number of benzene rings is 1. The summed E-state index contributed by atoms with van der Waals surface area (Å²) in [6.07, 6.45) is 8.93. The predicted molar refractivity (Wildman–Crippen MR) is 84.3 cm³/mol. The van der Waals surface area contributed by atoms with E-state index in [-0.39, 0.29) is 0 Å². The third-order valence-electron chi connectivity index (χ3n) is 3.20. The predicted octanol–water partition coefficient (Wildman–Crippen LogP) is 3.59. The quantitative estimate of drug-likeness (QED) is 0.783. The van der Waals surface area contributed by atoms with Crippen molar-refractivity contribution < 1.29 is 0 Å². The Morgan fingerprint density at radius 3 is 2.52 bits per heavy atom. The first-order valence-corrected chi connectivity index (χ1v) is 7.06. The Balaban J connectivity index is 1.61.